The van der Waals surface area contributed by atoms with Crippen LogP contribution >= 0.6 is 34.8 Å². The van der Waals surface area contributed by atoms with Gasteiger partial charge >= 0.3 is 5.97 Å². The van der Waals surface area contributed by atoms with Crippen LogP contribution in [0.2, 0.25) is 15.1 Å². The van der Waals surface area contributed by atoms with Crippen LogP contribution in [0.4, 0.5) is 0 Å². The highest BCUT2D eigenvalue weighted by Crippen LogP contribution is 2.30. The first-order valence-electron chi connectivity index (χ1n) is 8.86. The van der Waals surface area contributed by atoms with Crippen LogP contribution in [0.5, 0.6) is 0 Å². The van der Waals surface area contributed by atoms with Gasteiger partial charge in [-0.1, -0.05) is 53.0 Å². The van der Waals surface area contributed by atoms with Gasteiger partial charge in [-0.3, -0.25) is 4.79 Å². The van der Waals surface area contributed by atoms with Gasteiger partial charge in [0, 0.05) is 39.4 Å². The van der Waals surface area contributed by atoms with Crippen LogP contribution in [0.25, 0.3) is 0 Å². The van der Waals surface area contributed by atoms with Crippen LogP contribution in [0.1, 0.15) is 30.1 Å². The normalized spacial score (nSPS) is 12.0. The summed E-state index contributed by atoms with van der Waals surface area (Å²) in [6.07, 6.45) is 6.41. The molecule has 0 saturated carbocycles. The summed E-state index contributed by atoms with van der Waals surface area (Å²) >= 11 is 18.2. The molecule has 0 amide bonds. The molecule has 1 aromatic heterocycles. The number of halogens is 3. The van der Waals surface area contributed by atoms with Gasteiger partial charge < -0.3 is 9.30 Å². The third kappa shape index (κ3) is 5.99. The molecular formula is C21H19Cl3N2O2. The Bertz CT molecular complexity index is 912. The molecule has 28 heavy (non-hydrogen) atoms. The van der Waals surface area contributed by atoms with Crippen molar-refractivity contribution >= 4 is 40.8 Å². The van der Waals surface area contributed by atoms with E-state index in [-0.39, 0.29) is 5.97 Å². The topological polar surface area (TPSA) is 44.1 Å². The molecule has 0 radical (unpaired) electrons. The lowest BCUT2D eigenvalue weighted by atomic mass is 10.1. The van der Waals surface area contributed by atoms with Gasteiger partial charge in [0.05, 0.1) is 12.9 Å². The molecule has 1 atom stereocenters. The molecule has 2 aromatic carbocycles. The number of imidazole rings is 1. The summed E-state index contributed by atoms with van der Waals surface area (Å²) in [6.45, 7) is 0.421. The summed E-state index contributed by atoms with van der Waals surface area (Å²) < 4.78 is 7.60. The van der Waals surface area contributed by atoms with Crippen molar-refractivity contribution in [1.82, 2.24) is 9.55 Å². The summed E-state index contributed by atoms with van der Waals surface area (Å²) in [7, 11) is 0. The molecule has 0 aliphatic carbocycles. The van der Waals surface area contributed by atoms with Crippen LogP contribution < -0.4 is 0 Å². The number of esters is 1. The van der Waals surface area contributed by atoms with E-state index in [4.69, 9.17) is 39.5 Å². The van der Waals surface area contributed by atoms with Crippen molar-refractivity contribution < 1.29 is 9.53 Å². The van der Waals surface area contributed by atoms with Crippen molar-refractivity contribution in [1.29, 1.82) is 0 Å². The van der Waals surface area contributed by atoms with Gasteiger partial charge in [-0.2, -0.15) is 0 Å². The minimum absolute atomic E-state index is 0.273. The van der Waals surface area contributed by atoms with Crippen LogP contribution in [0.3, 0.4) is 0 Å². The molecule has 0 N–H and O–H groups in total. The smallest absolute Gasteiger partial charge is 0.306 e. The number of rotatable bonds is 8. The number of nitrogens with zero attached hydrogens (tertiary/aromatic N) is 2. The lowest BCUT2D eigenvalue weighted by Crippen LogP contribution is -2.17. The average Bonchev–Trinajstić information content (AvgIpc) is 3.16. The van der Waals surface area contributed by atoms with Gasteiger partial charge in [-0.25, -0.2) is 4.98 Å². The number of aromatic nitrogens is 2. The largest absolute Gasteiger partial charge is 0.455 e. The maximum Gasteiger partial charge on any atom is 0.306 e. The zero-order valence-corrected chi connectivity index (χ0v) is 17.3. The minimum Gasteiger partial charge on any atom is -0.455 e. The predicted molar refractivity (Wildman–Crippen MR) is 112 cm³/mol. The van der Waals surface area contributed by atoms with E-state index in [1.54, 1.807) is 30.7 Å². The van der Waals surface area contributed by atoms with E-state index < -0.39 is 6.10 Å². The molecule has 4 nitrogen and oxygen atoms in total. The molecular weight excluding hydrogens is 419 g/mol. The monoisotopic (exact) mass is 436 g/mol. The Morgan fingerprint density at radius 3 is 2.50 bits per heavy atom. The van der Waals surface area contributed by atoms with E-state index in [1.807, 2.05) is 35.0 Å². The Morgan fingerprint density at radius 2 is 1.82 bits per heavy atom. The predicted octanol–water partition coefficient (Wildman–Crippen LogP) is 6.15. The van der Waals surface area contributed by atoms with Gasteiger partial charge in [0.1, 0.15) is 6.10 Å². The highest BCUT2D eigenvalue weighted by Gasteiger charge is 2.20. The van der Waals surface area contributed by atoms with Gasteiger partial charge in [-0.15, -0.1) is 0 Å². The lowest BCUT2D eigenvalue weighted by Gasteiger charge is -2.20. The van der Waals surface area contributed by atoms with E-state index in [1.165, 1.54) is 0 Å². The van der Waals surface area contributed by atoms with Crippen molar-refractivity contribution in [2.24, 2.45) is 0 Å². The molecule has 7 heteroatoms. The number of carbonyl (C=O) groups is 1. The van der Waals surface area contributed by atoms with Gasteiger partial charge in [0.2, 0.25) is 0 Å². The number of ether oxygens (including phenoxy) is 1. The van der Waals surface area contributed by atoms with E-state index in [0.29, 0.717) is 40.0 Å². The molecule has 0 spiro atoms. The van der Waals surface area contributed by atoms with Crippen molar-refractivity contribution in [2.45, 2.75) is 31.9 Å². The van der Waals surface area contributed by atoms with Gasteiger partial charge in [-0.05, 0) is 42.7 Å². The van der Waals surface area contributed by atoms with E-state index in [9.17, 15) is 4.79 Å². The van der Waals surface area contributed by atoms with Gasteiger partial charge in [0.25, 0.3) is 0 Å². The zero-order chi connectivity index (χ0) is 19.9. The second-order valence-electron chi connectivity index (χ2n) is 6.38. The SMILES string of the molecule is O=C(CCCc1ccc(Cl)cc1)OC(Cn1ccnc1)c1ccc(Cl)cc1Cl. The highest BCUT2D eigenvalue weighted by molar-refractivity contribution is 6.35. The third-order valence-corrected chi connectivity index (χ3v) is 5.09. The number of benzene rings is 2. The van der Waals surface area contributed by atoms with E-state index in [0.717, 1.165) is 12.0 Å². The molecule has 3 rings (SSSR count). The van der Waals surface area contributed by atoms with Crippen LogP contribution in [-0.2, 0) is 22.5 Å². The average molecular weight is 438 g/mol. The summed E-state index contributed by atoms with van der Waals surface area (Å²) in [5, 5.41) is 1.70. The number of carbonyl (C=O) groups excluding carboxylic acids is 1. The zero-order valence-electron chi connectivity index (χ0n) is 15.0. The fourth-order valence-electron chi connectivity index (χ4n) is 2.85. The number of hydrogen-bond donors (Lipinski definition) is 0. The summed E-state index contributed by atoms with van der Waals surface area (Å²) in [6, 6.07) is 12.8. The molecule has 1 heterocycles. The molecule has 0 bridgehead atoms. The summed E-state index contributed by atoms with van der Waals surface area (Å²) in [4.78, 5) is 16.5. The Hall–Kier alpha value is -2.01. The summed E-state index contributed by atoms with van der Waals surface area (Å²) in [5.41, 5.74) is 1.85. The Balaban J connectivity index is 1.63. The van der Waals surface area contributed by atoms with Crippen LogP contribution in [0.15, 0.2) is 61.2 Å². The standard InChI is InChI=1S/C21H19Cl3N2O2/c22-16-6-4-15(5-7-16)2-1-3-21(27)28-20(13-26-11-10-25-14-26)18-9-8-17(23)12-19(18)24/h4-12,14,20H,1-3,13H2. The molecule has 0 aliphatic heterocycles. The Morgan fingerprint density at radius 1 is 1.07 bits per heavy atom. The second kappa shape index (κ2) is 9.97. The molecule has 0 saturated heterocycles. The first kappa shape index (κ1) is 20.7. The third-order valence-electron chi connectivity index (χ3n) is 4.28. The first-order valence-corrected chi connectivity index (χ1v) is 9.99. The maximum absolute atomic E-state index is 12.4. The van der Waals surface area contributed by atoms with Crippen LogP contribution in [0, 0.1) is 0 Å². The van der Waals surface area contributed by atoms with Crippen molar-refractivity contribution in [2.75, 3.05) is 0 Å². The quantitative estimate of drug-likeness (QED) is 0.397. The fraction of sp³-hybridized carbons (Fsp3) is 0.238. The Labute approximate surface area is 179 Å². The summed E-state index contributed by atoms with van der Waals surface area (Å²) in [5.74, 6) is -0.273. The van der Waals surface area contributed by atoms with Crippen molar-refractivity contribution in [3.8, 4) is 0 Å². The molecule has 0 aliphatic rings. The Kier molecular flexibility index (Phi) is 7.37. The fourth-order valence-corrected chi connectivity index (χ4v) is 3.51. The van der Waals surface area contributed by atoms with E-state index >= 15 is 0 Å². The lowest BCUT2D eigenvalue weighted by molar-refractivity contribution is -0.150. The van der Waals surface area contributed by atoms with Gasteiger partial charge in [0.15, 0.2) is 0 Å². The molecule has 3 aromatic rings. The number of aryl methyl sites for hydroxylation is 1. The van der Waals surface area contributed by atoms with Crippen molar-refractivity contribution in [3.63, 3.8) is 0 Å². The maximum atomic E-state index is 12.4. The first-order chi connectivity index (χ1) is 13.5. The highest BCUT2D eigenvalue weighted by atomic mass is 35.5. The second-order valence-corrected chi connectivity index (χ2v) is 7.66. The van der Waals surface area contributed by atoms with Crippen molar-refractivity contribution in [3.05, 3.63) is 87.4 Å². The van der Waals surface area contributed by atoms with Crippen LogP contribution in [-0.4, -0.2) is 15.5 Å². The minimum atomic E-state index is -0.526. The molecule has 146 valence electrons. The molecule has 0 fully saturated rings. The molecule has 1 unspecified atom stereocenters. The number of hydrogen-bond acceptors (Lipinski definition) is 3. The van der Waals surface area contributed by atoms with E-state index in [2.05, 4.69) is 4.98 Å².